The minimum atomic E-state index is -0.484. The molecule has 1 unspecified atom stereocenters. The first-order valence-corrected chi connectivity index (χ1v) is 9.54. The quantitative estimate of drug-likeness (QED) is 0.556. The van der Waals surface area contributed by atoms with E-state index in [1.165, 1.54) is 16.2 Å². The molecule has 0 saturated carbocycles. The summed E-state index contributed by atoms with van der Waals surface area (Å²) in [6.45, 7) is 2.19. The minimum Gasteiger partial charge on any atom is -0.493 e. The Morgan fingerprint density at radius 1 is 1.64 bits per heavy atom. The number of anilines is 1. The topological polar surface area (TPSA) is 119 Å². The fourth-order valence-electron chi connectivity index (χ4n) is 2.75. The van der Waals surface area contributed by atoms with E-state index in [0.717, 1.165) is 42.7 Å². The summed E-state index contributed by atoms with van der Waals surface area (Å²) in [6.07, 6.45) is 2.86. The maximum absolute atomic E-state index is 12.2. The fourth-order valence-corrected chi connectivity index (χ4v) is 4.79. The number of carbonyl (C=O) groups is 1. The van der Waals surface area contributed by atoms with Crippen molar-refractivity contribution >= 4 is 34.0 Å². The van der Waals surface area contributed by atoms with Gasteiger partial charge in [0, 0.05) is 4.88 Å². The summed E-state index contributed by atoms with van der Waals surface area (Å²) in [5, 5.41) is 22.3. The number of fused-ring (bicyclic) bond motifs is 1. The molecular formula is C16H16N4O3S2. The Morgan fingerprint density at radius 3 is 3.16 bits per heavy atom. The number of hydrogen-bond acceptors (Lipinski definition) is 7. The molecule has 9 heteroatoms. The second kappa shape index (κ2) is 7.29. The summed E-state index contributed by atoms with van der Waals surface area (Å²) in [5.74, 6) is -0.0842. The first-order valence-electron chi connectivity index (χ1n) is 7.74. The number of aromatic amines is 1. The van der Waals surface area contributed by atoms with Gasteiger partial charge in [0.15, 0.2) is 5.16 Å². The molecule has 0 bridgehead atoms. The van der Waals surface area contributed by atoms with Gasteiger partial charge in [-0.15, -0.1) is 11.3 Å². The standard InChI is InChI=1S/C16H16N4O3S2/c1-8-2-3-9-10(6-17)15(25-11(9)4-8)18-14(23)7-24-16-19-12(21)5-13(22)20-16/h5,8H,2-4,7H2,1H3,(H,18,23)(H2,19,20,21,22). The van der Waals surface area contributed by atoms with E-state index in [9.17, 15) is 20.0 Å². The van der Waals surface area contributed by atoms with Crippen LogP contribution in [0.3, 0.4) is 0 Å². The number of nitriles is 1. The van der Waals surface area contributed by atoms with E-state index < -0.39 is 11.4 Å². The lowest BCUT2D eigenvalue weighted by Gasteiger charge is -2.17. The lowest BCUT2D eigenvalue weighted by atomic mass is 9.89. The Morgan fingerprint density at radius 2 is 2.44 bits per heavy atom. The van der Waals surface area contributed by atoms with Crippen molar-refractivity contribution < 1.29 is 9.90 Å². The molecule has 3 rings (SSSR count). The van der Waals surface area contributed by atoms with Crippen LogP contribution in [-0.2, 0) is 17.6 Å². The predicted octanol–water partition coefficient (Wildman–Crippen LogP) is 2.26. The molecule has 2 aromatic rings. The van der Waals surface area contributed by atoms with Crippen molar-refractivity contribution in [1.29, 1.82) is 5.26 Å². The number of carbonyl (C=O) groups excluding carboxylic acids is 1. The molecule has 0 saturated heterocycles. The molecule has 3 N–H and O–H groups in total. The van der Waals surface area contributed by atoms with E-state index in [2.05, 4.69) is 28.3 Å². The Hall–Kier alpha value is -2.31. The summed E-state index contributed by atoms with van der Waals surface area (Å²) >= 11 is 2.48. The number of rotatable bonds is 4. The van der Waals surface area contributed by atoms with Crippen LogP contribution in [0.1, 0.15) is 29.3 Å². The Kier molecular flexibility index (Phi) is 5.11. The summed E-state index contributed by atoms with van der Waals surface area (Å²) in [5.41, 5.74) is 1.14. The van der Waals surface area contributed by atoms with Gasteiger partial charge in [0.05, 0.1) is 17.4 Å². The highest BCUT2D eigenvalue weighted by Gasteiger charge is 2.24. The third-order valence-electron chi connectivity index (χ3n) is 3.92. The lowest BCUT2D eigenvalue weighted by Crippen LogP contribution is -2.15. The highest BCUT2D eigenvalue weighted by Crippen LogP contribution is 2.39. The zero-order chi connectivity index (χ0) is 18.0. The van der Waals surface area contributed by atoms with Crippen molar-refractivity contribution in [2.75, 3.05) is 11.1 Å². The highest BCUT2D eigenvalue weighted by atomic mass is 32.2. The smallest absolute Gasteiger partial charge is 0.255 e. The Bertz CT molecular complexity index is 913. The van der Waals surface area contributed by atoms with E-state index >= 15 is 0 Å². The fraction of sp³-hybridized carbons (Fsp3) is 0.375. The lowest BCUT2D eigenvalue weighted by molar-refractivity contribution is -0.113. The van der Waals surface area contributed by atoms with Crippen molar-refractivity contribution in [2.24, 2.45) is 5.92 Å². The van der Waals surface area contributed by atoms with Gasteiger partial charge in [-0.25, -0.2) is 0 Å². The molecule has 1 amide bonds. The number of aromatic hydroxyl groups is 1. The van der Waals surface area contributed by atoms with Gasteiger partial charge >= 0.3 is 0 Å². The van der Waals surface area contributed by atoms with Gasteiger partial charge in [-0.3, -0.25) is 9.59 Å². The van der Waals surface area contributed by atoms with E-state index in [-0.39, 0.29) is 16.8 Å². The van der Waals surface area contributed by atoms with Crippen LogP contribution in [0.2, 0.25) is 0 Å². The third-order valence-corrected chi connectivity index (χ3v) is 5.97. The largest absolute Gasteiger partial charge is 0.493 e. The number of aromatic nitrogens is 2. The van der Waals surface area contributed by atoms with Crippen molar-refractivity contribution in [3.8, 4) is 11.9 Å². The number of nitrogens with one attached hydrogen (secondary N) is 2. The van der Waals surface area contributed by atoms with Gasteiger partial charge in [0.2, 0.25) is 11.8 Å². The van der Waals surface area contributed by atoms with Crippen LogP contribution in [0.4, 0.5) is 5.00 Å². The Labute approximate surface area is 152 Å². The second-order valence-electron chi connectivity index (χ2n) is 5.91. The third kappa shape index (κ3) is 4.03. The maximum Gasteiger partial charge on any atom is 0.255 e. The zero-order valence-electron chi connectivity index (χ0n) is 13.5. The van der Waals surface area contributed by atoms with E-state index in [1.807, 2.05) is 0 Å². The van der Waals surface area contributed by atoms with E-state index in [0.29, 0.717) is 16.5 Å². The molecule has 1 aliphatic carbocycles. The van der Waals surface area contributed by atoms with E-state index in [1.54, 1.807) is 0 Å². The SMILES string of the molecule is CC1CCc2c(sc(NC(=O)CSc3nc(O)cc(=O)[nH]3)c2C#N)C1. The monoisotopic (exact) mass is 376 g/mol. The second-order valence-corrected chi connectivity index (χ2v) is 7.98. The molecule has 2 heterocycles. The zero-order valence-corrected chi connectivity index (χ0v) is 15.1. The van der Waals surface area contributed by atoms with Crippen LogP contribution >= 0.6 is 23.1 Å². The van der Waals surface area contributed by atoms with Crippen molar-refractivity contribution in [1.82, 2.24) is 9.97 Å². The number of H-pyrrole nitrogens is 1. The first-order chi connectivity index (χ1) is 12.0. The van der Waals surface area contributed by atoms with Gasteiger partial charge in [-0.05, 0) is 30.7 Å². The van der Waals surface area contributed by atoms with Gasteiger partial charge in [0.25, 0.3) is 5.56 Å². The molecule has 1 aliphatic rings. The molecule has 25 heavy (non-hydrogen) atoms. The molecule has 7 nitrogen and oxygen atoms in total. The van der Waals surface area contributed by atoms with Crippen LogP contribution in [0.5, 0.6) is 5.88 Å². The average molecular weight is 376 g/mol. The van der Waals surface area contributed by atoms with E-state index in [4.69, 9.17) is 0 Å². The van der Waals surface area contributed by atoms with Crippen LogP contribution in [0.15, 0.2) is 16.0 Å². The number of hydrogen-bond donors (Lipinski definition) is 3. The Balaban J connectivity index is 1.69. The van der Waals surface area contributed by atoms with Crippen molar-refractivity contribution in [3.63, 3.8) is 0 Å². The molecule has 0 spiro atoms. The number of thiophene rings is 1. The van der Waals surface area contributed by atoms with Crippen molar-refractivity contribution in [3.05, 3.63) is 32.4 Å². The predicted molar refractivity (Wildman–Crippen MR) is 96.1 cm³/mol. The molecule has 2 aromatic heterocycles. The minimum absolute atomic E-state index is 0.0102. The van der Waals surface area contributed by atoms with Crippen LogP contribution < -0.4 is 10.9 Å². The van der Waals surface area contributed by atoms with Gasteiger partial charge in [-0.2, -0.15) is 10.2 Å². The summed E-state index contributed by atoms with van der Waals surface area (Å²) < 4.78 is 0. The molecule has 130 valence electrons. The molecule has 1 atom stereocenters. The van der Waals surface area contributed by atoms with Gasteiger partial charge in [-0.1, -0.05) is 18.7 Å². The first kappa shape index (κ1) is 17.5. The van der Waals surface area contributed by atoms with Gasteiger partial charge < -0.3 is 15.4 Å². The van der Waals surface area contributed by atoms with Crippen LogP contribution in [0.25, 0.3) is 0 Å². The van der Waals surface area contributed by atoms with Crippen LogP contribution in [0, 0.1) is 17.2 Å². The number of thioether (sulfide) groups is 1. The van der Waals surface area contributed by atoms with Crippen LogP contribution in [-0.4, -0.2) is 26.7 Å². The molecular weight excluding hydrogens is 360 g/mol. The molecule has 0 aliphatic heterocycles. The highest BCUT2D eigenvalue weighted by molar-refractivity contribution is 7.99. The summed E-state index contributed by atoms with van der Waals surface area (Å²) in [6, 6.07) is 3.17. The molecule has 0 fully saturated rings. The summed E-state index contributed by atoms with van der Waals surface area (Å²) in [7, 11) is 0. The maximum atomic E-state index is 12.2. The van der Waals surface area contributed by atoms with Gasteiger partial charge in [0.1, 0.15) is 11.1 Å². The number of amides is 1. The average Bonchev–Trinajstić information content (AvgIpc) is 2.88. The summed E-state index contributed by atoms with van der Waals surface area (Å²) in [4.78, 5) is 30.8. The number of nitrogens with zero attached hydrogens (tertiary/aromatic N) is 2. The molecule has 0 radical (unpaired) electrons. The molecule has 0 aromatic carbocycles. The normalized spacial score (nSPS) is 16.1. The van der Waals surface area contributed by atoms with Crippen molar-refractivity contribution in [2.45, 2.75) is 31.3 Å².